The highest BCUT2D eigenvalue weighted by molar-refractivity contribution is 5.92. The number of rotatable bonds is 5. The van der Waals surface area contributed by atoms with Crippen molar-refractivity contribution in [3.05, 3.63) is 27.9 Å². The first-order chi connectivity index (χ1) is 10.0. The Morgan fingerprint density at radius 2 is 2.29 bits per heavy atom. The summed E-state index contributed by atoms with van der Waals surface area (Å²) in [5, 5.41) is 6.61. The molecular weight excluding hydrogens is 272 g/mol. The van der Waals surface area contributed by atoms with E-state index in [1.165, 1.54) is 4.57 Å². The lowest BCUT2D eigenvalue weighted by Gasteiger charge is -2.12. The molecule has 114 valence electrons. The molecule has 0 saturated carbocycles. The third-order valence-electron chi connectivity index (χ3n) is 3.41. The average molecular weight is 292 g/mol. The van der Waals surface area contributed by atoms with Gasteiger partial charge in [-0.25, -0.2) is 4.79 Å². The van der Waals surface area contributed by atoms with Gasteiger partial charge in [0.2, 0.25) is 6.10 Å². The van der Waals surface area contributed by atoms with Crippen molar-refractivity contribution in [1.82, 2.24) is 14.9 Å². The number of oxime groups is 1. The quantitative estimate of drug-likeness (QED) is 0.858. The Kier molecular flexibility index (Phi) is 4.72. The zero-order valence-electron chi connectivity index (χ0n) is 12.5. The largest absolute Gasteiger partial charge is 0.382 e. The van der Waals surface area contributed by atoms with E-state index < -0.39 is 6.10 Å². The zero-order chi connectivity index (χ0) is 15.4. The van der Waals surface area contributed by atoms with Crippen LogP contribution in [0.15, 0.2) is 16.0 Å². The molecule has 1 aliphatic rings. The molecule has 1 aromatic heterocycles. The second-order valence-corrected chi connectivity index (χ2v) is 5.07. The number of carbonyl (C=O) groups excluding carboxylic acids is 1. The van der Waals surface area contributed by atoms with Gasteiger partial charge in [0.05, 0.1) is 5.71 Å². The first-order valence-corrected chi connectivity index (χ1v) is 7.05. The lowest BCUT2D eigenvalue weighted by atomic mass is 10.1. The molecule has 1 amide bonds. The Morgan fingerprint density at radius 3 is 2.90 bits per heavy atom. The Hall–Kier alpha value is -2.18. The smallest absolute Gasteiger partial charge is 0.348 e. The molecule has 0 spiro atoms. The third-order valence-corrected chi connectivity index (χ3v) is 3.41. The number of aryl methyl sites for hydroxylation is 2. The van der Waals surface area contributed by atoms with Gasteiger partial charge in [-0.15, -0.1) is 0 Å². The lowest BCUT2D eigenvalue weighted by molar-refractivity contribution is -0.131. The molecule has 21 heavy (non-hydrogen) atoms. The van der Waals surface area contributed by atoms with Crippen LogP contribution in [0.2, 0.25) is 0 Å². The normalized spacial score (nSPS) is 17.3. The van der Waals surface area contributed by atoms with Crippen LogP contribution in [0.5, 0.6) is 0 Å². The monoisotopic (exact) mass is 292 g/mol. The van der Waals surface area contributed by atoms with Crippen molar-refractivity contribution in [2.75, 3.05) is 6.54 Å². The van der Waals surface area contributed by atoms with Crippen LogP contribution in [0.3, 0.4) is 0 Å². The molecule has 1 unspecified atom stereocenters. The highest BCUT2D eigenvalue weighted by Crippen LogP contribution is 2.12. The number of nitrogens with one attached hydrogen (secondary N) is 1. The molecular formula is C14H20N4O3. The van der Waals surface area contributed by atoms with E-state index in [9.17, 15) is 9.59 Å². The average Bonchev–Trinajstić information content (AvgIpc) is 2.90. The van der Waals surface area contributed by atoms with E-state index in [1.807, 2.05) is 19.9 Å². The summed E-state index contributed by atoms with van der Waals surface area (Å²) in [6, 6.07) is 1.84. The summed E-state index contributed by atoms with van der Waals surface area (Å²) in [4.78, 5) is 32.6. The van der Waals surface area contributed by atoms with Crippen LogP contribution >= 0.6 is 0 Å². The molecule has 1 atom stereocenters. The number of carbonyl (C=O) groups is 1. The van der Waals surface area contributed by atoms with E-state index in [2.05, 4.69) is 15.5 Å². The maximum atomic E-state index is 11.9. The van der Waals surface area contributed by atoms with Crippen molar-refractivity contribution in [1.29, 1.82) is 0 Å². The predicted octanol–water partition coefficient (Wildman–Crippen LogP) is 0.531. The van der Waals surface area contributed by atoms with Crippen molar-refractivity contribution < 1.29 is 9.63 Å². The summed E-state index contributed by atoms with van der Waals surface area (Å²) in [7, 11) is 0. The van der Waals surface area contributed by atoms with Crippen molar-refractivity contribution in [3.8, 4) is 0 Å². The molecule has 0 saturated heterocycles. The molecule has 1 aromatic rings. The highest BCUT2D eigenvalue weighted by Gasteiger charge is 2.26. The zero-order valence-corrected chi connectivity index (χ0v) is 12.5. The van der Waals surface area contributed by atoms with Crippen molar-refractivity contribution in [3.63, 3.8) is 0 Å². The van der Waals surface area contributed by atoms with Crippen molar-refractivity contribution >= 4 is 11.6 Å². The van der Waals surface area contributed by atoms with Gasteiger partial charge in [0.25, 0.3) is 5.91 Å². The number of amides is 1. The summed E-state index contributed by atoms with van der Waals surface area (Å²) in [5.41, 5.74) is 2.12. The van der Waals surface area contributed by atoms with Crippen LogP contribution < -0.4 is 11.0 Å². The van der Waals surface area contributed by atoms with Crippen LogP contribution in [-0.4, -0.2) is 33.8 Å². The molecule has 0 aromatic carbocycles. The van der Waals surface area contributed by atoms with Gasteiger partial charge < -0.3 is 10.2 Å². The summed E-state index contributed by atoms with van der Waals surface area (Å²) >= 11 is 0. The Labute approximate surface area is 123 Å². The maximum absolute atomic E-state index is 11.9. The summed E-state index contributed by atoms with van der Waals surface area (Å²) in [6.45, 7) is 6.34. The number of aromatic nitrogens is 2. The van der Waals surface area contributed by atoms with Gasteiger partial charge in [0.15, 0.2) is 0 Å². The molecule has 2 rings (SSSR count). The van der Waals surface area contributed by atoms with E-state index in [0.717, 1.165) is 17.8 Å². The summed E-state index contributed by atoms with van der Waals surface area (Å²) in [6.07, 6.45) is 0.773. The first-order valence-electron chi connectivity index (χ1n) is 7.05. The standard InChI is InChI=1S/C14H20N4O3/c1-4-11-8-12(21-17-11)13(19)15-5-6-18-10(3)7-9(2)16-14(18)20/h7,12H,4-6,8H2,1-3H3,(H,15,19). The van der Waals surface area contributed by atoms with E-state index >= 15 is 0 Å². The van der Waals surface area contributed by atoms with Crippen molar-refractivity contribution in [2.45, 2.75) is 46.3 Å². The molecule has 0 aliphatic carbocycles. The first kappa shape index (κ1) is 15.2. The van der Waals surface area contributed by atoms with Gasteiger partial charge in [-0.1, -0.05) is 12.1 Å². The molecule has 7 heteroatoms. The van der Waals surface area contributed by atoms with E-state index in [-0.39, 0.29) is 11.6 Å². The molecule has 0 radical (unpaired) electrons. The van der Waals surface area contributed by atoms with Crippen LogP contribution in [0.4, 0.5) is 0 Å². The molecule has 1 aliphatic heterocycles. The molecule has 7 nitrogen and oxygen atoms in total. The fraction of sp³-hybridized carbons (Fsp3) is 0.571. The SMILES string of the molecule is CCC1=NOC(C(=O)NCCn2c(C)cc(C)nc2=O)C1. The van der Waals surface area contributed by atoms with Gasteiger partial charge in [0.1, 0.15) is 0 Å². The van der Waals surface area contributed by atoms with Gasteiger partial charge >= 0.3 is 5.69 Å². The van der Waals surface area contributed by atoms with Crippen molar-refractivity contribution in [2.24, 2.45) is 5.16 Å². The topological polar surface area (TPSA) is 85.6 Å². The summed E-state index contributed by atoms with van der Waals surface area (Å²) in [5.74, 6) is -0.201. The van der Waals surface area contributed by atoms with Gasteiger partial charge in [0, 0.05) is 30.9 Å². The number of nitrogens with zero attached hydrogens (tertiary/aromatic N) is 3. The Balaban J connectivity index is 1.85. The van der Waals surface area contributed by atoms with Gasteiger partial charge in [-0.3, -0.25) is 9.36 Å². The Bertz CT molecular complexity index is 621. The van der Waals surface area contributed by atoms with Crippen LogP contribution in [-0.2, 0) is 16.2 Å². The second kappa shape index (κ2) is 6.51. The third kappa shape index (κ3) is 3.68. The maximum Gasteiger partial charge on any atom is 0.348 e. The predicted molar refractivity (Wildman–Crippen MR) is 78.2 cm³/mol. The van der Waals surface area contributed by atoms with E-state index in [4.69, 9.17) is 4.84 Å². The van der Waals surface area contributed by atoms with Crippen LogP contribution in [0.1, 0.15) is 31.2 Å². The minimum Gasteiger partial charge on any atom is -0.382 e. The van der Waals surface area contributed by atoms with E-state index in [1.54, 1.807) is 6.92 Å². The second-order valence-electron chi connectivity index (χ2n) is 5.07. The van der Waals surface area contributed by atoms with E-state index in [0.29, 0.717) is 25.2 Å². The fourth-order valence-electron chi connectivity index (χ4n) is 2.23. The van der Waals surface area contributed by atoms with Gasteiger partial charge in [-0.05, 0) is 26.3 Å². The molecule has 0 fully saturated rings. The van der Waals surface area contributed by atoms with Crippen LogP contribution in [0, 0.1) is 13.8 Å². The lowest BCUT2D eigenvalue weighted by Crippen LogP contribution is -2.38. The number of hydrogen-bond acceptors (Lipinski definition) is 5. The van der Waals surface area contributed by atoms with Crippen LogP contribution in [0.25, 0.3) is 0 Å². The molecule has 1 N–H and O–H groups in total. The Morgan fingerprint density at radius 1 is 1.52 bits per heavy atom. The molecule has 0 bridgehead atoms. The van der Waals surface area contributed by atoms with Gasteiger partial charge in [-0.2, -0.15) is 4.98 Å². The number of hydrogen-bond donors (Lipinski definition) is 1. The fourth-order valence-corrected chi connectivity index (χ4v) is 2.23. The minimum atomic E-state index is -0.547. The highest BCUT2D eigenvalue weighted by atomic mass is 16.6. The minimum absolute atomic E-state index is 0.201. The summed E-state index contributed by atoms with van der Waals surface area (Å²) < 4.78 is 1.54. The molecule has 2 heterocycles.